The summed E-state index contributed by atoms with van der Waals surface area (Å²) in [6.07, 6.45) is 10.4. The second-order valence-electron chi connectivity index (χ2n) is 13.0. The molecule has 46 heavy (non-hydrogen) atoms. The molecule has 0 aliphatic heterocycles. The molecular weight excluding hydrogens is 748 g/mol. The topological polar surface area (TPSA) is 35.9 Å². The number of imidazole rings is 1. The summed E-state index contributed by atoms with van der Waals surface area (Å²) in [6.45, 7) is 11.1. The molecule has 0 saturated carbocycles. The van der Waals surface area contributed by atoms with E-state index < -0.39 is 0 Å². The number of hydrogen-bond acceptors (Lipinski definition) is 2. The van der Waals surface area contributed by atoms with Crippen LogP contribution in [0.1, 0.15) is 45.7 Å². The minimum atomic E-state index is 0. The Bertz CT molecular complexity index is 2130. The maximum absolute atomic E-state index is 6.37. The minimum absolute atomic E-state index is 0. The zero-order valence-electron chi connectivity index (χ0n) is 26.7. The number of rotatable bonds is 7. The first-order valence-electron chi connectivity index (χ1n) is 15.5. The van der Waals surface area contributed by atoms with Crippen LogP contribution >= 0.6 is 0 Å². The molecule has 3 aromatic heterocycles. The largest absolute Gasteiger partial charge is 0.510 e. The molecule has 0 fully saturated rings. The van der Waals surface area contributed by atoms with E-state index in [9.17, 15) is 0 Å². The minimum Gasteiger partial charge on any atom is -0.510 e. The molecule has 0 N–H and O–H groups in total. The molecule has 5 nitrogen and oxygen atoms in total. The van der Waals surface area contributed by atoms with Crippen molar-refractivity contribution in [2.75, 3.05) is 0 Å². The molecule has 234 valence electrons. The maximum atomic E-state index is 6.37. The van der Waals surface area contributed by atoms with Gasteiger partial charge in [0.1, 0.15) is 5.82 Å². The Morgan fingerprint density at radius 3 is 2.41 bits per heavy atom. The van der Waals surface area contributed by atoms with Crippen molar-refractivity contribution in [3.63, 3.8) is 0 Å². The third kappa shape index (κ3) is 6.30. The first-order valence-corrected chi connectivity index (χ1v) is 15.5. The number of aromatic nitrogens is 4. The molecule has 0 atom stereocenters. The van der Waals surface area contributed by atoms with Crippen LogP contribution in [0.15, 0.2) is 110 Å². The second kappa shape index (κ2) is 12.7. The monoisotopic (exact) mass is 783 g/mol. The van der Waals surface area contributed by atoms with Crippen LogP contribution in [0.5, 0.6) is 11.5 Å². The average molecular weight is 784 g/mol. The molecule has 7 rings (SSSR count). The van der Waals surface area contributed by atoms with Gasteiger partial charge in [-0.05, 0) is 70.3 Å². The number of hydrogen-bond donors (Lipinski definition) is 0. The summed E-state index contributed by atoms with van der Waals surface area (Å²) in [5.41, 5.74) is 6.47. The molecule has 0 bridgehead atoms. The summed E-state index contributed by atoms with van der Waals surface area (Å²) >= 11 is 0. The molecule has 4 aromatic carbocycles. The van der Waals surface area contributed by atoms with Crippen LogP contribution < -0.4 is 9.30 Å². The summed E-state index contributed by atoms with van der Waals surface area (Å²) in [5.74, 6) is 2.71. The standard InChI is InChI=1S/C40H36N4O.Pt/c1-28(2)23-29-13-15-31(16-14-29)42-21-22-43(27-42)32-9-8-10-33(25-32)45-34-17-18-36-35-11-6-7-12-37(35)44(38(36)26-34)39-24-30(19-20-41-39)40(3,4)5;/h6-22,24,28H,23H2,1-5H3;/q-2;. The van der Waals surface area contributed by atoms with E-state index >= 15 is 0 Å². The van der Waals surface area contributed by atoms with Crippen molar-refractivity contribution < 1.29 is 30.4 Å². The van der Waals surface area contributed by atoms with Gasteiger partial charge >= 0.3 is 0 Å². The van der Waals surface area contributed by atoms with E-state index in [4.69, 9.17) is 9.72 Å². The van der Waals surface area contributed by atoms with Gasteiger partial charge in [0.2, 0.25) is 0 Å². The van der Waals surface area contributed by atoms with Crippen LogP contribution in [0.4, 0.5) is 0 Å². The fraction of sp³-hybridized carbons (Fsp3) is 0.200. The molecule has 7 aromatic rings. The van der Waals surface area contributed by atoms with Crippen molar-refractivity contribution in [2.24, 2.45) is 5.92 Å². The number of benzene rings is 4. The number of pyridine rings is 1. The quantitative estimate of drug-likeness (QED) is 0.120. The molecule has 0 aliphatic rings. The van der Waals surface area contributed by atoms with Gasteiger partial charge in [-0.3, -0.25) is 4.57 Å². The maximum Gasteiger partial charge on any atom is 0.267 e. The van der Waals surface area contributed by atoms with Crippen LogP contribution in [0.25, 0.3) is 39.0 Å². The predicted octanol–water partition coefficient (Wildman–Crippen LogP) is 8.93. The fourth-order valence-corrected chi connectivity index (χ4v) is 5.79. The first-order chi connectivity index (χ1) is 21.7. The number of fused-ring (bicyclic) bond motifs is 3. The molecule has 6 heteroatoms. The van der Waals surface area contributed by atoms with Crippen LogP contribution in [-0.2, 0) is 32.9 Å². The van der Waals surface area contributed by atoms with E-state index in [-0.39, 0.29) is 26.5 Å². The van der Waals surface area contributed by atoms with Crippen molar-refractivity contribution in [1.82, 2.24) is 14.1 Å². The zero-order valence-corrected chi connectivity index (χ0v) is 29.0. The molecule has 0 radical (unpaired) electrons. The van der Waals surface area contributed by atoms with E-state index in [0.717, 1.165) is 45.4 Å². The Morgan fingerprint density at radius 2 is 1.63 bits per heavy atom. The van der Waals surface area contributed by atoms with E-state index in [1.807, 2.05) is 52.0 Å². The fourth-order valence-electron chi connectivity index (χ4n) is 5.79. The molecule has 0 amide bonds. The molecule has 3 heterocycles. The summed E-state index contributed by atoms with van der Waals surface area (Å²) in [5, 5.41) is 2.25. The van der Waals surface area contributed by atoms with Crippen molar-refractivity contribution in [1.29, 1.82) is 0 Å². The Labute approximate surface area is 285 Å². The molecule has 0 aliphatic carbocycles. The summed E-state index contributed by atoms with van der Waals surface area (Å²) in [4.78, 5) is 4.78. The third-order valence-corrected chi connectivity index (χ3v) is 8.07. The van der Waals surface area contributed by atoms with Crippen LogP contribution in [0.2, 0.25) is 0 Å². The number of para-hydroxylation sites is 1. The Morgan fingerprint density at radius 1 is 0.848 bits per heavy atom. The number of nitrogens with zero attached hydrogens (tertiary/aromatic N) is 4. The Balaban J connectivity index is 0.00000372. The van der Waals surface area contributed by atoms with Crippen LogP contribution in [0.3, 0.4) is 0 Å². The summed E-state index contributed by atoms with van der Waals surface area (Å²) in [7, 11) is 0. The van der Waals surface area contributed by atoms with E-state index in [1.54, 1.807) is 0 Å². The summed E-state index contributed by atoms with van der Waals surface area (Å²) < 4.78 is 12.5. The van der Waals surface area contributed by atoms with Gasteiger partial charge in [-0.25, -0.2) is 4.98 Å². The van der Waals surface area contributed by atoms with Gasteiger partial charge in [-0.15, -0.1) is 29.7 Å². The van der Waals surface area contributed by atoms with Gasteiger partial charge in [0.15, 0.2) is 0 Å². The molecule has 0 saturated heterocycles. The van der Waals surface area contributed by atoms with Gasteiger partial charge in [0.25, 0.3) is 6.33 Å². The van der Waals surface area contributed by atoms with Gasteiger partial charge in [-0.1, -0.05) is 70.5 Å². The molecular formula is C40H36N4OPt-2. The van der Waals surface area contributed by atoms with Gasteiger partial charge in [0.05, 0.1) is 5.69 Å². The first kappa shape index (κ1) is 31.5. The van der Waals surface area contributed by atoms with E-state index in [2.05, 4.69) is 124 Å². The van der Waals surface area contributed by atoms with Crippen molar-refractivity contribution in [3.8, 4) is 28.7 Å². The van der Waals surface area contributed by atoms with Gasteiger partial charge in [-0.2, -0.15) is 18.2 Å². The Kier molecular flexibility index (Phi) is 8.72. The van der Waals surface area contributed by atoms with Crippen molar-refractivity contribution in [3.05, 3.63) is 139 Å². The van der Waals surface area contributed by atoms with E-state index in [1.165, 1.54) is 11.1 Å². The predicted molar refractivity (Wildman–Crippen MR) is 180 cm³/mol. The number of ether oxygens (including phenoxy) is 1. The SMILES string of the molecule is CC(C)Cc1ccc(-[n+]2[c-]n(-c3[c-]c(Oc4[c-]c5c(cc4)c4ccccc4n5-c4cc(C(C)(C)C)ccn4)ccc3)cc2)cc1.[Pt]. The van der Waals surface area contributed by atoms with Crippen LogP contribution in [-0.4, -0.2) is 14.1 Å². The van der Waals surface area contributed by atoms with Crippen molar-refractivity contribution in [2.45, 2.75) is 46.5 Å². The van der Waals surface area contributed by atoms with Crippen LogP contribution in [0, 0.1) is 24.4 Å². The van der Waals surface area contributed by atoms with Gasteiger partial charge < -0.3 is 13.9 Å². The van der Waals surface area contributed by atoms with E-state index in [0.29, 0.717) is 17.4 Å². The average Bonchev–Trinajstić information content (AvgIpc) is 3.64. The third-order valence-electron chi connectivity index (χ3n) is 8.07. The second-order valence-corrected chi connectivity index (χ2v) is 13.0. The molecule has 0 unspecified atom stereocenters. The smallest absolute Gasteiger partial charge is 0.267 e. The Hall–Kier alpha value is -4.47. The summed E-state index contributed by atoms with van der Waals surface area (Å²) in [6, 6.07) is 38.3. The zero-order chi connectivity index (χ0) is 31.1. The van der Waals surface area contributed by atoms with Gasteiger partial charge in [0, 0.05) is 56.7 Å². The van der Waals surface area contributed by atoms with Crippen molar-refractivity contribution >= 4 is 21.8 Å². The molecule has 0 spiro atoms. The normalized spacial score (nSPS) is 11.7.